The minimum Gasteiger partial charge on any atom is -0.218 e. The molecule has 0 unspecified atom stereocenters. The van der Waals surface area contributed by atoms with E-state index in [1.165, 1.54) is 0 Å². The molecule has 0 amide bonds. The molecule has 0 aliphatic rings. The molecule has 0 aliphatic heterocycles. The van der Waals surface area contributed by atoms with Crippen LogP contribution in [0, 0.1) is 6.92 Å². The van der Waals surface area contributed by atoms with Crippen LogP contribution in [0.5, 0.6) is 0 Å². The molecule has 0 radical (unpaired) electrons. The van der Waals surface area contributed by atoms with E-state index in [-0.39, 0.29) is 0 Å². The Balaban J connectivity index is 1.68. The zero-order valence-corrected chi connectivity index (χ0v) is 18.4. The van der Waals surface area contributed by atoms with Gasteiger partial charge in [0.25, 0.3) is 0 Å². The number of hydrogen-bond donors (Lipinski definition) is 0. The SMILES string of the molecule is Cc1ccc(S(=O)(=O)c2cccc3cc4ccccc4cc23)c2cc3ccccc3cc12. The van der Waals surface area contributed by atoms with Crippen LogP contribution in [0.15, 0.2) is 113 Å². The van der Waals surface area contributed by atoms with Crippen LogP contribution >= 0.6 is 0 Å². The predicted octanol–water partition coefficient (Wildman–Crippen LogP) is 7.44. The zero-order valence-electron chi connectivity index (χ0n) is 17.5. The van der Waals surface area contributed by atoms with Crippen LogP contribution in [-0.4, -0.2) is 8.42 Å². The lowest BCUT2D eigenvalue weighted by molar-refractivity contribution is 0.598. The monoisotopic (exact) mass is 432 g/mol. The van der Waals surface area contributed by atoms with Gasteiger partial charge in [0.1, 0.15) is 0 Å². The van der Waals surface area contributed by atoms with Crippen LogP contribution < -0.4 is 0 Å². The molecule has 154 valence electrons. The van der Waals surface area contributed by atoms with E-state index in [0.717, 1.165) is 48.7 Å². The third-order valence-corrected chi connectivity index (χ3v) is 8.22. The average Bonchev–Trinajstić information content (AvgIpc) is 2.81. The van der Waals surface area contributed by atoms with Gasteiger partial charge in [0.2, 0.25) is 9.84 Å². The molecule has 0 saturated heterocycles. The van der Waals surface area contributed by atoms with E-state index in [1.807, 2.05) is 73.7 Å². The standard InChI is InChI=1S/C29H20O2S/c1-19-13-14-29(27-18-23-10-5-4-8-21(23)16-25(19)27)32(30,31)28-12-6-11-24-15-20-7-2-3-9-22(20)17-26(24)28/h2-18H,1H3. The maximum atomic E-state index is 14.0. The molecule has 0 aromatic heterocycles. The topological polar surface area (TPSA) is 34.1 Å². The average molecular weight is 433 g/mol. The van der Waals surface area contributed by atoms with Crippen LogP contribution in [0.3, 0.4) is 0 Å². The Hall–Kier alpha value is -3.69. The normalized spacial score (nSPS) is 12.2. The zero-order chi connectivity index (χ0) is 21.9. The lowest BCUT2D eigenvalue weighted by Crippen LogP contribution is -2.04. The molecular weight excluding hydrogens is 412 g/mol. The van der Waals surface area contributed by atoms with Crippen LogP contribution in [0.4, 0.5) is 0 Å². The highest BCUT2D eigenvalue weighted by atomic mass is 32.2. The highest BCUT2D eigenvalue weighted by Crippen LogP contribution is 2.36. The van der Waals surface area contributed by atoms with Gasteiger partial charge in [-0.15, -0.1) is 0 Å². The van der Waals surface area contributed by atoms with E-state index in [9.17, 15) is 8.42 Å². The first kappa shape index (κ1) is 19.0. The molecule has 6 aromatic carbocycles. The number of benzene rings is 6. The highest BCUT2D eigenvalue weighted by molar-refractivity contribution is 7.92. The first-order valence-electron chi connectivity index (χ1n) is 10.6. The van der Waals surface area contributed by atoms with Gasteiger partial charge in [-0.25, -0.2) is 8.42 Å². The summed E-state index contributed by atoms with van der Waals surface area (Å²) in [5, 5.41) is 7.67. The largest absolute Gasteiger partial charge is 0.218 e. The minimum absolute atomic E-state index is 0.346. The molecule has 6 aromatic rings. The lowest BCUT2D eigenvalue weighted by Gasteiger charge is -2.14. The van der Waals surface area contributed by atoms with Crippen LogP contribution in [0.2, 0.25) is 0 Å². The Labute approximate surface area is 186 Å². The summed E-state index contributed by atoms with van der Waals surface area (Å²) >= 11 is 0. The Morgan fingerprint density at radius 1 is 0.469 bits per heavy atom. The van der Waals surface area contributed by atoms with Gasteiger partial charge in [-0.1, -0.05) is 66.7 Å². The smallest absolute Gasteiger partial charge is 0.207 e. The molecule has 0 N–H and O–H groups in total. The third kappa shape index (κ3) is 2.82. The maximum Gasteiger partial charge on any atom is 0.207 e. The quantitative estimate of drug-likeness (QED) is 0.266. The van der Waals surface area contributed by atoms with Crippen LogP contribution in [-0.2, 0) is 9.84 Å². The molecule has 0 heterocycles. The second-order valence-electron chi connectivity index (χ2n) is 8.31. The summed E-state index contributed by atoms with van der Waals surface area (Å²) in [6, 6.07) is 33.4. The van der Waals surface area contributed by atoms with Gasteiger partial charge in [0.05, 0.1) is 9.79 Å². The summed E-state index contributed by atoms with van der Waals surface area (Å²) in [6.07, 6.45) is 0. The van der Waals surface area contributed by atoms with Gasteiger partial charge in [-0.3, -0.25) is 0 Å². The molecule has 2 nitrogen and oxygen atoms in total. The summed E-state index contributed by atoms with van der Waals surface area (Å²) < 4.78 is 28.1. The van der Waals surface area contributed by atoms with Crippen molar-refractivity contribution >= 4 is 52.9 Å². The van der Waals surface area contributed by atoms with Gasteiger partial charge in [-0.05, 0) is 81.2 Å². The lowest BCUT2D eigenvalue weighted by atomic mass is 10.0. The first-order valence-corrected chi connectivity index (χ1v) is 12.1. The second-order valence-corrected chi connectivity index (χ2v) is 10.2. The van der Waals surface area contributed by atoms with E-state index < -0.39 is 9.84 Å². The molecule has 0 spiro atoms. The van der Waals surface area contributed by atoms with Gasteiger partial charge in [0, 0.05) is 10.8 Å². The molecule has 32 heavy (non-hydrogen) atoms. The second kappa shape index (κ2) is 6.91. The first-order chi connectivity index (χ1) is 15.5. The van der Waals surface area contributed by atoms with Crippen molar-refractivity contribution in [1.82, 2.24) is 0 Å². The van der Waals surface area contributed by atoms with Crippen molar-refractivity contribution in [2.45, 2.75) is 16.7 Å². The number of fused-ring (bicyclic) bond motifs is 4. The maximum absolute atomic E-state index is 14.0. The van der Waals surface area contributed by atoms with Crippen LogP contribution in [0.25, 0.3) is 43.1 Å². The Morgan fingerprint density at radius 3 is 1.62 bits per heavy atom. The van der Waals surface area contributed by atoms with Crippen molar-refractivity contribution in [2.24, 2.45) is 0 Å². The number of rotatable bonds is 2. The molecule has 0 fully saturated rings. The van der Waals surface area contributed by atoms with E-state index in [1.54, 1.807) is 12.1 Å². The van der Waals surface area contributed by atoms with E-state index >= 15 is 0 Å². The van der Waals surface area contributed by atoms with Crippen LogP contribution in [0.1, 0.15) is 5.56 Å². The summed E-state index contributed by atoms with van der Waals surface area (Å²) in [4.78, 5) is 0.698. The summed E-state index contributed by atoms with van der Waals surface area (Å²) in [6.45, 7) is 2.03. The van der Waals surface area contributed by atoms with Gasteiger partial charge in [0.15, 0.2) is 0 Å². The van der Waals surface area contributed by atoms with Crippen molar-refractivity contribution < 1.29 is 8.42 Å². The molecule has 0 atom stereocenters. The van der Waals surface area contributed by atoms with Crippen molar-refractivity contribution in [1.29, 1.82) is 0 Å². The fourth-order valence-electron chi connectivity index (χ4n) is 4.68. The third-order valence-electron chi connectivity index (χ3n) is 6.35. The molecule has 6 rings (SSSR count). The highest BCUT2D eigenvalue weighted by Gasteiger charge is 2.23. The number of hydrogen-bond acceptors (Lipinski definition) is 2. The van der Waals surface area contributed by atoms with Crippen molar-refractivity contribution in [2.75, 3.05) is 0 Å². The Bertz CT molecular complexity index is 1800. The van der Waals surface area contributed by atoms with Crippen molar-refractivity contribution in [3.05, 3.63) is 109 Å². The minimum atomic E-state index is -3.75. The van der Waals surface area contributed by atoms with Crippen molar-refractivity contribution in [3.8, 4) is 0 Å². The molecule has 0 saturated carbocycles. The van der Waals surface area contributed by atoms with E-state index in [2.05, 4.69) is 24.3 Å². The van der Waals surface area contributed by atoms with Gasteiger partial charge < -0.3 is 0 Å². The Kier molecular flexibility index (Phi) is 4.11. The summed E-state index contributed by atoms with van der Waals surface area (Å²) in [7, 11) is -3.75. The molecular formula is C29H20O2S. The summed E-state index contributed by atoms with van der Waals surface area (Å²) in [5.41, 5.74) is 1.06. The number of aryl methyl sites for hydroxylation is 1. The molecule has 0 aliphatic carbocycles. The molecule has 0 bridgehead atoms. The summed E-state index contributed by atoms with van der Waals surface area (Å²) in [5.74, 6) is 0. The van der Waals surface area contributed by atoms with E-state index in [4.69, 9.17) is 0 Å². The van der Waals surface area contributed by atoms with Gasteiger partial charge in [-0.2, -0.15) is 0 Å². The Morgan fingerprint density at radius 2 is 0.969 bits per heavy atom. The number of sulfone groups is 1. The van der Waals surface area contributed by atoms with Crippen molar-refractivity contribution in [3.63, 3.8) is 0 Å². The fraction of sp³-hybridized carbons (Fsp3) is 0.0345. The fourth-order valence-corrected chi connectivity index (χ4v) is 6.34. The van der Waals surface area contributed by atoms with E-state index in [0.29, 0.717) is 9.79 Å². The molecule has 3 heteroatoms. The predicted molar refractivity (Wildman–Crippen MR) is 133 cm³/mol. The van der Waals surface area contributed by atoms with Gasteiger partial charge >= 0.3 is 0 Å².